The van der Waals surface area contributed by atoms with E-state index in [2.05, 4.69) is 0 Å². The number of benzene rings is 2. The molecule has 0 bridgehead atoms. The van der Waals surface area contributed by atoms with Crippen LogP contribution >= 0.6 is 7.37 Å². The Balaban J connectivity index is 2.41. The summed E-state index contributed by atoms with van der Waals surface area (Å²) in [7, 11) is 0.473. The van der Waals surface area contributed by atoms with Gasteiger partial charge in [-0.15, -0.1) is 0 Å². The maximum Gasteiger partial charge on any atom is 0.264 e. The van der Waals surface area contributed by atoms with E-state index in [1.165, 1.54) is 0 Å². The smallest absolute Gasteiger partial charge is 0.264 e. The van der Waals surface area contributed by atoms with Gasteiger partial charge >= 0.3 is 0 Å². The third-order valence-corrected chi connectivity index (χ3v) is 6.35. The molecule has 1 N–H and O–H groups in total. The molecule has 0 amide bonds. The molecule has 0 aliphatic heterocycles. The van der Waals surface area contributed by atoms with Crippen molar-refractivity contribution in [1.29, 1.82) is 0 Å². The largest absolute Gasteiger partial charge is 0.378 e. The fraction of sp³-hybridized carbons (Fsp3) is 0.333. The highest BCUT2D eigenvalue weighted by Gasteiger charge is 2.35. The fourth-order valence-corrected chi connectivity index (χ4v) is 4.46. The summed E-state index contributed by atoms with van der Waals surface area (Å²) in [5.74, 6) is -1.17. The van der Waals surface area contributed by atoms with Crippen LogP contribution in [0.25, 0.3) is 0 Å². The summed E-state index contributed by atoms with van der Waals surface area (Å²) < 4.78 is 18.9. The average Bonchev–Trinajstić information content (AvgIpc) is 2.55. The lowest BCUT2D eigenvalue weighted by atomic mass is 10.2. The minimum Gasteiger partial charge on any atom is -0.378 e. The van der Waals surface area contributed by atoms with E-state index in [9.17, 15) is 9.67 Å². The SMILES string of the molecule is CCO[P@@](=O)(c1ccc(N(C)C)cc1)[C@@H](O)c1ccc(C)cc1. The molecule has 0 saturated carbocycles. The standard InChI is InChI=1S/C18H24NO3P/c1-5-22-23(21,17-12-10-16(11-13-17)19(3)4)18(20)15-8-6-14(2)7-9-15/h6-13,18,20H,5H2,1-4H3/t18-,23+/m1/s1. The van der Waals surface area contributed by atoms with E-state index in [0.717, 1.165) is 11.3 Å². The van der Waals surface area contributed by atoms with Crippen LogP contribution in [0.2, 0.25) is 0 Å². The molecule has 0 unspecified atom stereocenters. The highest BCUT2D eigenvalue weighted by molar-refractivity contribution is 7.67. The summed E-state index contributed by atoms with van der Waals surface area (Å²) in [5.41, 5.74) is 2.69. The fourth-order valence-electron chi connectivity index (χ4n) is 2.37. The number of hydrogen-bond donors (Lipinski definition) is 1. The van der Waals surface area contributed by atoms with Crippen LogP contribution in [0.4, 0.5) is 5.69 Å². The molecule has 0 heterocycles. The minimum atomic E-state index is -3.41. The zero-order valence-electron chi connectivity index (χ0n) is 14.1. The van der Waals surface area contributed by atoms with Gasteiger partial charge in [0.25, 0.3) is 7.37 Å². The van der Waals surface area contributed by atoms with Crippen molar-refractivity contribution < 1.29 is 14.2 Å². The van der Waals surface area contributed by atoms with Crippen LogP contribution in [0.15, 0.2) is 48.5 Å². The molecule has 124 valence electrons. The van der Waals surface area contributed by atoms with Crippen molar-refractivity contribution in [3.63, 3.8) is 0 Å². The van der Waals surface area contributed by atoms with Crippen molar-refractivity contribution in [2.24, 2.45) is 0 Å². The quantitative estimate of drug-likeness (QED) is 0.819. The molecule has 2 aromatic rings. The van der Waals surface area contributed by atoms with Crippen molar-refractivity contribution in [2.75, 3.05) is 25.6 Å². The number of aliphatic hydroxyl groups excluding tert-OH is 1. The molecule has 0 spiro atoms. The first-order valence-electron chi connectivity index (χ1n) is 7.65. The summed E-state index contributed by atoms with van der Waals surface area (Å²) in [4.78, 5) is 1.96. The molecule has 0 aliphatic carbocycles. The number of aliphatic hydroxyl groups is 1. The molecule has 2 rings (SSSR count). The number of nitrogens with zero attached hydrogens (tertiary/aromatic N) is 1. The van der Waals surface area contributed by atoms with Crippen molar-refractivity contribution in [3.05, 3.63) is 59.7 Å². The van der Waals surface area contributed by atoms with Crippen molar-refractivity contribution >= 4 is 18.4 Å². The Morgan fingerprint density at radius 1 is 1.09 bits per heavy atom. The summed E-state index contributed by atoms with van der Waals surface area (Å²) >= 11 is 0. The molecule has 0 aromatic heterocycles. The summed E-state index contributed by atoms with van der Waals surface area (Å²) in [6.45, 7) is 4.02. The number of anilines is 1. The van der Waals surface area contributed by atoms with Gasteiger partial charge in [-0.25, -0.2) is 0 Å². The van der Waals surface area contributed by atoms with Crippen LogP contribution in [-0.4, -0.2) is 25.8 Å². The number of aryl methyl sites for hydroxylation is 1. The van der Waals surface area contributed by atoms with E-state index in [4.69, 9.17) is 4.52 Å². The van der Waals surface area contributed by atoms with Gasteiger partial charge in [0.1, 0.15) is 0 Å². The maximum atomic E-state index is 13.4. The number of rotatable bonds is 6. The zero-order valence-corrected chi connectivity index (χ0v) is 15.0. The normalized spacial score (nSPS) is 15.0. The zero-order chi connectivity index (χ0) is 17.0. The molecule has 2 atom stereocenters. The second-order valence-corrected chi connectivity index (χ2v) is 8.17. The predicted molar refractivity (Wildman–Crippen MR) is 95.8 cm³/mol. The Morgan fingerprint density at radius 3 is 2.13 bits per heavy atom. The molecule has 0 aliphatic rings. The van der Waals surface area contributed by atoms with Gasteiger partial charge < -0.3 is 14.5 Å². The maximum absolute atomic E-state index is 13.4. The van der Waals surface area contributed by atoms with Crippen LogP contribution in [0.1, 0.15) is 23.9 Å². The van der Waals surface area contributed by atoms with Crippen LogP contribution in [0.5, 0.6) is 0 Å². The van der Waals surface area contributed by atoms with E-state index >= 15 is 0 Å². The Bertz CT molecular complexity index is 680. The van der Waals surface area contributed by atoms with E-state index in [1.807, 2.05) is 50.2 Å². The van der Waals surface area contributed by atoms with Gasteiger partial charge in [0.2, 0.25) is 0 Å². The van der Waals surface area contributed by atoms with Gasteiger partial charge in [-0.3, -0.25) is 4.57 Å². The lowest BCUT2D eigenvalue weighted by molar-refractivity contribution is 0.218. The third kappa shape index (κ3) is 3.84. The Kier molecular flexibility index (Phi) is 5.64. The molecule has 5 heteroatoms. The Labute approximate surface area is 138 Å². The topological polar surface area (TPSA) is 49.8 Å². The summed E-state index contributed by atoms with van der Waals surface area (Å²) in [6, 6.07) is 14.7. The molecule has 0 fully saturated rings. The average molecular weight is 333 g/mol. The van der Waals surface area contributed by atoms with E-state index in [1.54, 1.807) is 31.2 Å². The van der Waals surface area contributed by atoms with Crippen LogP contribution < -0.4 is 10.2 Å². The van der Waals surface area contributed by atoms with Gasteiger partial charge in [0.15, 0.2) is 5.85 Å². The predicted octanol–water partition coefficient (Wildman–Crippen LogP) is 3.69. The molecule has 0 saturated heterocycles. The second kappa shape index (κ2) is 7.31. The molecular weight excluding hydrogens is 309 g/mol. The first-order chi connectivity index (χ1) is 10.9. The van der Waals surface area contributed by atoms with E-state index in [0.29, 0.717) is 10.9 Å². The highest BCUT2D eigenvalue weighted by atomic mass is 31.2. The van der Waals surface area contributed by atoms with Gasteiger partial charge in [-0.2, -0.15) is 0 Å². The van der Waals surface area contributed by atoms with Gasteiger partial charge in [0, 0.05) is 25.1 Å². The molecule has 23 heavy (non-hydrogen) atoms. The van der Waals surface area contributed by atoms with Crippen molar-refractivity contribution in [1.82, 2.24) is 0 Å². The molecule has 0 radical (unpaired) electrons. The van der Waals surface area contributed by atoms with Crippen LogP contribution in [0, 0.1) is 6.92 Å². The Hall–Kier alpha value is -1.61. The Morgan fingerprint density at radius 2 is 1.65 bits per heavy atom. The van der Waals surface area contributed by atoms with Gasteiger partial charge in [-0.05, 0) is 43.7 Å². The van der Waals surface area contributed by atoms with Gasteiger partial charge in [0.05, 0.1) is 6.61 Å². The monoisotopic (exact) mass is 333 g/mol. The van der Waals surface area contributed by atoms with Crippen LogP contribution in [-0.2, 0) is 9.09 Å². The number of hydrogen-bond acceptors (Lipinski definition) is 4. The van der Waals surface area contributed by atoms with Crippen molar-refractivity contribution in [2.45, 2.75) is 19.7 Å². The minimum absolute atomic E-state index is 0.273. The summed E-state index contributed by atoms with van der Waals surface area (Å²) in [6.07, 6.45) is 0. The molecule has 2 aromatic carbocycles. The van der Waals surface area contributed by atoms with Crippen LogP contribution in [0.3, 0.4) is 0 Å². The molecular formula is C18H24NO3P. The first kappa shape index (κ1) is 17.7. The second-order valence-electron chi connectivity index (χ2n) is 5.71. The lowest BCUT2D eigenvalue weighted by Gasteiger charge is -2.24. The first-order valence-corrected chi connectivity index (χ1v) is 9.34. The van der Waals surface area contributed by atoms with E-state index in [-0.39, 0.29) is 6.61 Å². The van der Waals surface area contributed by atoms with E-state index < -0.39 is 13.2 Å². The lowest BCUT2D eigenvalue weighted by Crippen LogP contribution is -2.16. The summed E-state index contributed by atoms with van der Waals surface area (Å²) in [5, 5.41) is 11.2. The third-order valence-electron chi connectivity index (χ3n) is 3.74. The van der Waals surface area contributed by atoms with Gasteiger partial charge in [-0.1, -0.05) is 29.8 Å². The molecule has 4 nitrogen and oxygen atoms in total. The highest BCUT2D eigenvalue weighted by Crippen LogP contribution is 2.57. The van der Waals surface area contributed by atoms with Crippen molar-refractivity contribution in [3.8, 4) is 0 Å².